The zero-order valence-corrected chi connectivity index (χ0v) is 22.0. The lowest BCUT2D eigenvalue weighted by molar-refractivity contribution is -0.123. The SMILES string of the molecule is COc1cc(/C=C2/SC(=O)N(Cc3c(Cl)cccc3Cl)C2=O)ccc1OCc1ccc(Cl)cc1Cl. The number of benzene rings is 3. The monoisotopic (exact) mass is 567 g/mol. The Morgan fingerprint density at radius 3 is 2.34 bits per heavy atom. The maximum Gasteiger partial charge on any atom is 0.293 e. The number of amides is 2. The summed E-state index contributed by atoms with van der Waals surface area (Å²) in [5.74, 6) is 0.538. The molecule has 0 bridgehead atoms. The molecule has 1 saturated heterocycles. The molecule has 0 N–H and O–H groups in total. The van der Waals surface area contributed by atoms with E-state index in [9.17, 15) is 9.59 Å². The topological polar surface area (TPSA) is 55.8 Å². The Bertz CT molecular complexity index is 1320. The number of halogens is 4. The lowest BCUT2D eigenvalue weighted by Gasteiger charge is -2.14. The molecule has 0 atom stereocenters. The van der Waals surface area contributed by atoms with Gasteiger partial charge in [0.1, 0.15) is 6.61 Å². The summed E-state index contributed by atoms with van der Waals surface area (Å²) in [7, 11) is 1.52. The zero-order valence-electron chi connectivity index (χ0n) is 18.2. The molecular weight excluding hydrogens is 552 g/mol. The van der Waals surface area contributed by atoms with Gasteiger partial charge in [0.05, 0.1) is 18.6 Å². The molecule has 10 heteroatoms. The highest BCUT2D eigenvalue weighted by atomic mass is 35.5. The molecule has 0 spiro atoms. The molecule has 0 unspecified atom stereocenters. The summed E-state index contributed by atoms with van der Waals surface area (Å²) in [4.78, 5) is 26.9. The molecule has 3 aromatic carbocycles. The minimum atomic E-state index is -0.423. The Balaban J connectivity index is 1.51. The predicted molar refractivity (Wildman–Crippen MR) is 142 cm³/mol. The van der Waals surface area contributed by atoms with Crippen molar-refractivity contribution in [2.75, 3.05) is 7.11 Å². The lowest BCUT2D eigenvalue weighted by Crippen LogP contribution is -2.27. The Morgan fingerprint density at radius 2 is 1.66 bits per heavy atom. The first-order valence-corrected chi connectivity index (χ1v) is 12.5. The summed E-state index contributed by atoms with van der Waals surface area (Å²) in [5.41, 5.74) is 1.96. The van der Waals surface area contributed by atoms with E-state index in [-0.39, 0.29) is 18.1 Å². The number of thioether (sulfide) groups is 1. The van der Waals surface area contributed by atoms with Gasteiger partial charge in [-0.2, -0.15) is 0 Å². The van der Waals surface area contributed by atoms with Crippen LogP contribution in [0, 0.1) is 0 Å². The molecule has 1 fully saturated rings. The van der Waals surface area contributed by atoms with Gasteiger partial charge in [-0.1, -0.05) is 64.6 Å². The number of ether oxygens (including phenoxy) is 2. The Morgan fingerprint density at radius 1 is 0.914 bits per heavy atom. The molecule has 1 heterocycles. The molecular formula is C25H17Cl4NO4S. The van der Waals surface area contributed by atoms with Crippen LogP contribution in [-0.4, -0.2) is 23.2 Å². The summed E-state index contributed by atoms with van der Waals surface area (Å²) in [6, 6.07) is 15.4. The number of methoxy groups -OCH3 is 1. The van der Waals surface area contributed by atoms with Gasteiger partial charge in [-0.25, -0.2) is 0 Å². The summed E-state index contributed by atoms with van der Waals surface area (Å²) in [6.45, 7) is 0.207. The predicted octanol–water partition coefficient (Wildman–Crippen LogP) is 8.12. The summed E-state index contributed by atoms with van der Waals surface area (Å²) in [5, 5.41) is 1.42. The fourth-order valence-electron chi connectivity index (χ4n) is 3.32. The van der Waals surface area contributed by atoms with Crippen LogP contribution in [0.5, 0.6) is 11.5 Å². The van der Waals surface area contributed by atoms with E-state index in [0.29, 0.717) is 42.7 Å². The van der Waals surface area contributed by atoms with Crippen LogP contribution in [0.15, 0.2) is 59.5 Å². The third kappa shape index (κ3) is 5.90. The van der Waals surface area contributed by atoms with Crippen LogP contribution >= 0.6 is 58.2 Å². The second-order valence-corrected chi connectivity index (χ2v) is 10.1. The van der Waals surface area contributed by atoms with E-state index in [1.165, 1.54) is 7.11 Å². The van der Waals surface area contributed by atoms with Crippen LogP contribution in [0.1, 0.15) is 16.7 Å². The van der Waals surface area contributed by atoms with Gasteiger partial charge in [0, 0.05) is 31.2 Å². The Labute approximate surface area is 226 Å². The van der Waals surface area contributed by atoms with E-state index in [2.05, 4.69) is 0 Å². The van der Waals surface area contributed by atoms with Crippen LogP contribution in [0.2, 0.25) is 20.1 Å². The van der Waals surface area contributed by atoms with E-state index >= 15 is 0 Å². The lowest BCUT2D eigenvalue weighted by atomic mass is 10.1. The van der Waals surface area contributed by atoms with Crippen molar-refractivity contribution < 1.29 is 19.1 Å². The van der Waals surface area contributed by atoms with Gasteiger partial charge in [0.2, 0.25) is 0 Å². The van der Waals surface area contributed by atoms with Crippen LogP contribution in [0.3, 0.4) is 0 Å². The fraction of sp³-hybridized carbons (Fsp3) is 0.120. The molecule has 2 amide bonds. The molecule has 0 radical (unpaired) electrons. The molecule has 0 aliphatic carbocycles. The Kier molecular flexibility index (Phi) is 8.19. The number of hydrogen-bond donors (Lipinski definition) is 0. The minimum Gasteiger partial charge on any atom is -0.493 e. The molecule has 35 heavy (non-hydrogen) atoms. The molecule has 5 nitrogen and oxygen atoms in total. The third-order valence-corrected chi connectivity index (χ3v) is 7.34. The van der Waals surface area contributed by atoms with Crippen molar-refractivity contribution in [3.05, 3.63) is 96.3 Å². The number of rotatable bonds is 7. The van der Waals surface area contributed by atoms with Crippen molar-refractivity contribution in [2.24, 2.45) is 0 Å². The smallest absolute Gasteiger partial charge is 0.293 e. The Hall–Kier alpha value is -2.35. The van der Waals surface area contributed by atoms with Crippen molar-refractivity contribution in [1.29, 1.82) is 0 Å². The van der Waals surface area contributed by atoms with Crippen molar-refractivity contribution >= 4 is 75.4 Å². The fourth-order valence-corrected chi connectivity index (χ4v) is 5.13. The maximum atomic E-state index is 12.9. The molecule has 1 aliphatic rings. The van der Waals surface area contributed by atoms with Crippen molar-refractivity contribution in [2.45, 2.75) is 13.2 Å². The van der Waals surface area contributed by atoms with Gasteiger partial charge in [0.15, 0.2) is 11.5 Å². The molecule has 1 aliphatic heterocycles. The van der Waals surface area contributed by atoms with E-state index in [4.69, 9.17) is 55.9 Å². The summed E-state index contributed by atoms with van der Waals surface area (Å²) < 4.78 is 11.3. The van der Waals surface area contributed by atoms with Crippen molar-refractivity contribution in [3.63, 3.8) is 0 Å². The quantitative estimate of drug-likeness (QED) is 0.269. The average molecular weight is 569 g/mol. The van der Waals surface area contributed by atoms with Gasteiger partial charge < -0.3 is 9.47 Å². The van der Waals surface area contributed by atoms with Gasteiger partial charge in [0.25, 0.3) is 11.1 Å². The molecule has 4 rings (SSSR count). The summed E-state index contributed by atoms with van der Waals surface area (Å²) in [6.07, 6.45) is 1.63. The maximum absolute atomic E-state index is 12.9. The highest BCUT2D eigenvalue weighted by molar-refractivity contribution is 8.18. The summed E-state index contributed by atoms with van der Waals surface area (Å²) >= 11 is 25.4. The van der Waals surface area contributed by atoms with Crippen molar-refractivity contribution in [3.8, 4) is 11.5 Å². The molecule has 180 valence electrons. The van der Waals surface area contributed by atoms with Crippen LogP contribution < -0.4 is 9.47 Å². The standard InChI is InChI=1S/C25H17Cl4NO4S/c1-33-22-9-14(5-8-21(22)34-13-15-6-7-16(26)11-20(15)29)10-23-24(31)30(25(32)35-23)12-17-18(27)3-2-4-19(17)28/h2-11H,12-13H2,1H3/b23-10+. The third-order valence-electron chi connectivity index (χ3n) is 5.14. The average Bonchev–Trinajstić information content (AvgIpc) is 3.08. The number of carbonyl (C=O) groups excluding carboxylic acids is 2. The second-order valence-electron chi connectivity index (χ2n) is 7.40. The van der Waals surface area contributed by atoms with E-state index in [1.807, 2.05) is 0 Å². The first-order chi connectivity index (χ1) is 16.8. The molecule has 3 aromatic rings. The van der Waals surface area contributed by atoms with Crippen LogP contribution in [-0.2, 0) is 17.9 Å². The molecule has 0 saturated carbocycles. The highest BCUT2D eigenvalue weighted by Crippen LogP contribution is 2.37. The zero-order chi connectivity index (χ0) is 25.1. The number of carbonyl (C=O) groups is 2. The first-order valence-electron chi connectivity index (χ1n) is 10.2. The van der Waals surface area contributed by atoms with Crippen molar-refractivity contribution in [1.82, 2.24) is 4.90 Å². The second kappa shape index (κ2) is 11.1. The van der Waals surface area contributed by atoms with Gasteiger partial charge in [-0.05, 0) is 59.8 Å². The number of hydrogen-bond acceptors (Lipinski definition) is 5. The molecule has 0 aromatic heterocycles. The van der Waals surface area contributed by atoms with Gasteiger partial charge >= 0.3 is 0 Å². The van der Waals surface area contributed by atoms with E-state index in [0.717, 1.165) is 22.2 Å². The number of nitrogens with zero attached hydrogens (tertiary/aromatic N) is 1. The van der Waals surface area contributed by atoms with Gasteiger partial charge in [-0.15, -0.1) is 0 Å². The highest BCUT2D eigenvalue weighted by Gasteiger charge is 2.35. The van der Waals surface area contributed by atoms with Crippen LogP contribution in [0.4, 0.5) is 4.79 Å². The largest absolute Gasteiger partial charge is 0.493 e. The van der Waals surface area contributed by atoms with E-state index in [1.54, 1.807) is 60.7 Å². The normalized spacial score (nSPS) is 14.7. The van der Waals surface area contributed by atoms with Gasteiger partial charge in [-0.3, -0.25) is 14.5 Å². The number of imide groups is 1. The van der Waals surface area contributed by atoms with Crippen LogP contribution in [0.25, 0.3) is 6.08 Å². The van der Waals surface area contributed by atoms with E-state index < -0.39 is 11.1 Å². The minimum absolute atomic E-state index is 0.0100. The first kappa shape index (κ1) is 25.7.